The van der Waals surface area contributed by atoms with Crippen LogP contribution in [0.2, 0.25) is 0 Å². The lowest BCUT2D eigenvalue weighted by molar-refractivity contribution is 0.183. The first-order chi connectivity index (χ1) is 7.95. The van der Waals surface area contributed by atoms with Crippen LogP contribution in [-0.2, 0) is 4.74 Å². The zero-order valence-electron chi connectivity index (χ0n) is 12.3. The minimum atomic E-state index is 0.456. The van der Waals surface area contributed by atoms with Crippen molar-refractivity contribution in [2.45, 2.75) is 40.2 Å². The SMILES string of the molecule is COCCNCC(C)N1CCC(C(C)(C)C)C1. The molecule has 0 saturated carbocycles. The van der Waals surface area contributed by atoms with Gasteiger partial charge in [0.1, 0.15) is 0 Å². The maximum Gasteiger partial charge on any atom is 0.0587 e. The monoisotopic (exact) mass is 242 g/mol. The zero-order chi connectivity index (χ0) is 12.9. The molecular weight excluding hydrogens is 212 g/mol. The highest BCUT2D eigenvalue weighted by Gasteiger charge is 2.33. The molecule has 1 aliphatic rings. The van der Waals surface area contributed by atoms with Gasteiger partial charge in [0.25, 0.3) is 0 Å². The molecule has 1 fully saturated rings. The van der Waals surface area contributed by atoms with Crippen LogP contribution in [0.4, 0.5) is 0 Å². The van der Waals surface area contributed by atoms with E-state index in [0.717, 1.165) is 25.6 Å². The van der Waals surface area contributed by atoms with E-state index in [1.54, 1.807) is 7.11 Å². The van der Waals surface area contributed by atoms with Crippen molar-refractivity contribution in [3.8, 4) is 0 Å². The molecule has 1 N–H and O–H groups in total. The number of ether oxygens (including phenoxy) is 1. The summed E-state index contributed by atoms with van der Waals surface area (Å²) >= 11 is 0. The lowest BCUT2D eigenvalue weighted by Gasteiger charge is -2.29. The second-order valence-electron chi connectivity index (χ2n) is 6.39. The van der Waals surface area contributed by atoms with Crippen LogP contribution in [0.5, 0.6) is 0 Å². The van der Waals surface area contributed by atoms with Crippen molar-refractivity contribution in [3.63, 3.8) is 0 Å². The van der Waals surface area contributed by atoms with Gasteiger partial charge < -0.3 is 10.1 Å². The van der Waals surface area contributed by atoms with Crippen LogP contribution in [0.3, 0.4) is 0 Å². The summed E-state index contributed by atoms with van der Waals surface area (Å²) < 4.78 is 5.03. The van der Waals surface area contributed by atoms with Crippen molar-refractivity contribution >= 4 is 0 Å². The highest BCUT2D eigenvalue weighted by molar-refractivity contribution is 4.86. The summed E-state index contributed by atoms with van der Waals surface area (Å²) in [6.07, 6.45) is 1.35. The van der Waals surface area contributed by atoms with E-state index in [1.807, 2.05) is 0 Å². The van der Waals surface area contributed by atoms with E-state index in [9.17, 15) is 0 Å². The third-order valence-electron chi connectivity index (χ3n) is 3.99. The van der Waals surface area contributed by atoms with Crippen LogP contribution in [0.1, 0.15) is 34.1 Å². The molecule has 17 heavy (non-hydrogen) atoms. The molecular formula is C14H30N2O. The van der Waals surface area contributed by atoms with Gasteiger partial charge in [-0.15, -0.1) is 0 Å². The molecule has 1 aliphatic heterocycles. The number of hydrogen-bond donors (Lipinski definition) is 1. The van der Waals surface area contributed by atoms with Crippen molar-refractivity contribution in [1.29, 1.82) is 0 Å². The van der Waals surface area contributed by atoms with Crippen LogP contribution < -0.4 is 5.32 Å². The van der Waals surface area contributed by atoms with Gasteiger partial charge in [-0.1, -0.05) is 20.8 Å². The summed E-state index contributed by atoms with van der Waals surface area (Å²) in [7, 11) is 1.75. The smallest absolute Gasteiger partial charge is 0.0587 e. The molecule has 0 aromatic rings. The lowest BCUT2D eigenvalue weighted by atomic mass is 9.80. The fourth-order valence-electron chi connectivity index (χ4n) is 2.51. The number of likely N-dealkylation sites (tertiary alicyclic amines) is 1. The molecule has 0 aromatic carbocycles. The third kappa shape index (κ3) is 4.94. The fourth-order valence-corrected chi connectivity index (χ4v) is 2.51. The van der Waals surface area contributed by atoms with Crippen LogP contribution in [0, 0.1) is 11.3 Å². The Kier molecular flexibility index (Phi) is 5.90. The first kappa shape index (κ1) is 14.9. The highest BCUT2D eigenvalue weighted by Crippen LogP contribution is 2.34. The Hall–Kier alpha value is -0.120. The maximum absolute atomic E-state index is 5.03. The van der Waals surface area contributed by atoms with Crippen LogP contribution in [-0.4, -0.2) is 50.8 Å². The number of hydrogen-bond acceptors (Lipinski definition) is 3. The van der Waals surface area contributed by atoms with Gasteiger partial charge in [0, 0.05) is 32.8 Å². The standard InChI is InChI=1S/C14H30N2O/c1-12(10-15-7-9-17-5)16-8-6-13(11-16)14(2,3)4/h12-13,15H,6-11H2,1-5H3. The molecule has 0 bridgehead atoms. The Morgan fingerprint density at radius 2 is 2.12 bits per heavy atom. The van der Waals surface area contributed by atoms with Gasteiger partial charge in [0.05, 0.1) is 6.61 Å². The average Bonchev–Trinajstić information content (AvgIpc) is 2.72. The van der Waals surface area contributed by atoms with Crippen molar-refractivity contribution < 1.29 is 4.74 Å². The molecule has 1 heterocycles. The summed E-state index contributed by atoms with van der Waals surface area (Å²) in [4.78, 5) is 2.62. The molecule has 0 aliphatic carbocycles. The van der Waals surface area contributed by atoms with Crippen LogP contribution in [0.25, 0.3) is 0 Å². The van der Waals surface area contributed by atoms with Gasteiger partial charge in [0.15, 0.2) is 0 Å². The van der Waals surface area contributed by atoms with E-state index < -0.39 is 0 Å². The Balaban J connectivity index is 2.23. The van der Waals surface area contributed by atoms with Crippen molar-refractivity contribution in [3.05, 3.63) is 0 Å². The molecule has 2 unspecified atom stereocenters. The largest absolute Gasteiger partial charge is 0.383 e. The molecule has 2 atom stereocenters. The van der Waals surface area contributed by atoms with Crippen molar-refractivity contribution in [1.82, 2.24) is 10.2 Å². The van der Waals surface area contributed by atoms with Gasteiger partial charge in [-0.25, -0.2) is 0 Å². The Morgan fingerprint density at radius 1 is 1.41 bits per heavy atom. The van der Waals surface area contributed by atoms with Crippen molar-refractivity contribution in [2.75, 3.05) is 39.9 Å². The summed E-state index contributed by atoms with van der Waals surface area (Å²) in [6, 6.07) is 0.638. The molecule has 0 radical (unpaired) electrons. The molecule has 0 aromatic heterocycles. The summed E-state index contributed by atoms with van der Waals surface area (Å²) in [5, 5.41) is 3.45. The molecule has 3 nitrogen and oxygen atoms in total. The zero-order valence-corrected chi connectivity index (χ0v) is 12.3. The van der Waals surface area contributed by atoms with E-state index in [4.69, 9.17) is 4.74 Å². The first-order valence-electron chi connectivity index (χ1n) is 6.89. The number of methoxy groups -OCH3 is 1. The van der Waals surface area contributed by atoms with E-state index in [2.05, 4.69) is 37.9 Å². The van der Waals surface area contributed by atoms with E-state index in [0.29, 0.717) is 11.5 Å². The predicted molar refractivity (Wildman–Crippen MR) is 73.3 cm³/mol. The minimum absolute atomic E-state index is 0.456. The first-order valence-corrected chi connectivity index (χ1v) is 6.89. The summed E-state index contributed by atoms with van der Waals surface area (Å²) in [6.45, 7) is 14.8. The van der Waals surface area contributed by atoms with Crippen LogP contribution in [0.15, 0.2) is 0 Å². The van der Waals surface area contributed by atoms with E-state index in [-0.39, 0.29) is 0 Å². The second kappa shape index (κ2) is 6.72. The molecule has 1 saturated heterocycles. The Bertz CT molecular complexity index is 213. The average molecular weight is 242 g/mol. The molecule has 1 rings (SSSR count). The van der Waals surface area contributed by atoms with Crippen LogP contribution >= 0.6 is 0 Å². The predicted octanol–water partition coefficient (Wildman–Crippen LogP) is 1.98. The van der Waals surface area contributed by atoms with Gasteiger partial charge in [0.2, 0.25) is 0 Å². The lowest BCUT2D eigenvalue weighted by Crippen LogP contribution is -2.40. The van der Waals surface area contributed by atoms with Crippen molar-refractivity contribution in [2.24, 2.45) is 11.3 Å². The number of nitrogens with one attached hydrogen (secondary N) is 1. The molecule has 102 valence electrons. The second-order valence-corrected chi connectivity index (χ2v) is 6.39. The topological polar surface area (TPSA) is 24.5 Å². The van der Waals surface area contributed by atoms with E-state index >= 15 is 0 Å². The minimum Gasteiger partial charge on any atom is -0.383 e. The molecule has 3 heteroatoms. The van der Waals surface area contributed by atoms with E-state index in [1.165, 1.54) is 19.5 Å². The third-order valence-corrected chi connectivity index (χ3v) is 3.99. The fraction of sp³-hybridized carbons (Fsp3) is 1.00. The Morgan fingerprint density at radius 3 is 2.65 bits per heavy atom. The molecule has 0 amide bonds. The Labute approximate surface area is 107 Å². The van der Waals surface area contributed by atoms with Gasteiger partial charge in [-0.05, 0) is 31.2 Å². The number of nitrogens with zero attached hydrogens (tertiary/aromatic N) is 1. The van der Waals surface area contributed by atoms with Gasteiger partial charge in [-0.2, -0.15) is 0 Å². The normalized spacial score (nSPS) is 24.2. The van der Waals surface area contributed by atoms with Gasteiger partial charge in [-0.3, -0.25) is 4.90 Å². The van der Waals surface area contributed by atoms with Gasteiger partial charge >= 0.3 is 0 Å². The quantitative estimate of drug-likeness (QED) is 0.721. The number of rotatable bonds is 6. The summed E-state index contributed by atoms with van der Waals surface area (Å²) in [5.41, 5.74) is 0.456. The highest BCUT2D eigenvalue weighted by atomic mass is 16.5. The maximum atomic E-state index is 5.03. The molecule has 0 spiro atoms. The summed E-state index contributed by atoms with van der Waals surface area (Å²) in [5.74, 6) is 0.851.